The van der Waals surface area contributed by atoms with Gasteiger partial charge in [0, 0.05) is 44.5 Å². The van der Waals surface area contributed by atoms with Crippen LogP contribution in [-0.2, 0) is 22.5 Å². The molecule has 1 aromatic heterocycles. The number of methoxy groups -OCH3 is 1. The van der Waals surface area contributed by atoms with E-state index in [4.69, 9.17) is 4.74 Å². The number of rotatable bonds is 3. The van der Waals surface area contributed by atoms with E-state index in [0.717, 1.165) is 83.2 Å². The number of nitrogens with zero attached hydrogens (tertiary/aromatic N) is 4. The summed E-state index contributed by atoms with van der Waals surface area (Å²) in [6.45, 7) is 2.83. The number of aromatic nitrogens is 3. The quantitative estimate of drug-likeness (QED) is 0.833. The van der Waals surface area contributed by atoms with Gasteiger partial charge in [-0.15, -0.1) is 10.2 Å². The van der Waals surface area contributed by atoms with Crippen LogP contribution in [0.1, 0.15) is 75.4 Å². The molecule has 142 valence electrons. The Morgan fingerprint density at radius 2 is 1.73 bits per heavy atom. The third kappa shape index (κ3) is 2.44. The minimum atomic E-state index is -0.0940. The van der Waals surface area contributed by atoms with Crippen molar-refractivity contribution in [2.24, 2.45) is 5.41 Å². The van der Waals surface area contributed by atoms with E-state index in [-0.39, 0.29) is 11.0 Å². The topological polar surface area (TPSA) is 60.2 Å². The van der Waals surface area contributed by atoms with E-state index in [1.807, 2.05) is 7.11 Å². The Labute approximate surface area is 155 Å². The number of ether oxygens (including phenoxy) is 1. The Bertz CT molecular complexity index is 680. The van der Waals surface area contributed by atoms with E-state index >= 15 is 0 Å². The zero-order chi connectivity index (χ0) is 17.8. The second-order valence-electron chi connectivity index (χ2n) is 8.96. The van der Waals surface area contributed by atoms with Crippen LogP contribution in [0.2, 0.25) is 0 Å². The standard InChI is InChI=1S/C20H30N4O2/c1-26-20-9-6-19(7-10-20,8-11-20)18(25)23-13-4-15(5-14-23)17-22-21-16-3-2-12-24(16)17/h15H,2-14H2,1H3. The molecule has 2 aliphatic heterocycles. The molecule has 6 heteroatoms. The van der Waals surface area contributed by atoms with Crippen LogP contribution in [0.5, 0.6) is 0 Å². The Morgan fingerprint density at radius 1 is 1.04 bits per heavy atom. The highest BCUT2D eigenvalue weighted by Crippen LogP contribution is 2.54. The number of aryl methyl sites for hydroxylation is 1. The van der Waals surface area contributed by atoms with Gasteiger partial charge in [-0.3, -0.25) is 4.79 Å². The fraction of sp³-hybridized carbons (Fsp3) is 0.850. The van der Waals surface area contributed by atoms with Gasteiger partial charge in [-0.1, -0.05) is 0 Å². The number of likely N-dealkylation sites (tertiary alicyclic amines) is 1. The average Bonchev–Trinajstić information content (AvgIpc) is 3.33. The maximum Gasteiger partial charge on any atom is 0.228 e. The highest BCUT2D eigenvalue weighted by atomic mass is 16.5. The van der Waals surface area contributed by atoms with E-state index in [9.17, 15) is 4.79 Å². The van der Waals surface area contributed by atoms with Crippen molar-refractivity contribution in [1.82, 2.24) is 19.7 Å². The number of fused-ring (bicyclic) bond motifs is 4. The smallest absolute Gasteiger partial charge is 0.228 e. The van der Waals surface area contributed by atoms with Crippen LogP contribution in [0.4, 0.5) is 0 Å². The van der Waals surface area contributed by atoms with E-state index < -0.39 is 0 Å². The molecular weight excluding hydrogens is 328 g/mol. The molecule has 5 aliphatic rings. The summed E-state index contributed by atoms with van der Waals surface area (Å²) in [6, 6.07) is 0. The molecule has 1 amide bonds. The summed E-state index contributed by atoms with van der Waals surface area (Å²) in [5.41, 5.74) is -0.0215. The number of carbonyl (C=O) groups is 1. The summed E-state index contributed by atoms with van der Waals surface area (Å²) in [5.74, 6) is 3.22. The fourth-order valence-electron chi connectivity index (χ4n) is 5.93. The Kier molecular flexibility index (Phi) is 3.89. The highest BCUT2D eigenvalue weighted by Gasteiger charge is 2.53. The molecule has 4 fully saturated rings. The molecule has 0 N–H and O–H groups in total. The first-order valence-corrected chi connectivity index (χ1v) is 10.4. The van der Waals surface area contributed by atoms with Gasteiger partial charge in [0.05, 0.1) is 5.60 Å². The summed E-state index contributed by atoms with van der Waals surface area (Å²) in [6.07, 6.45) is 10.5. The fourth-order valence-corrected chi connectivity index (χ4v) is 5.93. The summed E-state index contributed by atoms with van der Waals surface area (Å²) in [5, 5.41) is 8.83. The molecule has 2 bridgehead atoms. The highest BCUT2D eigenvalue weighted by molar-refractivity contribution is 5.83. The Hall–Kier alpha value is -1.43. The lowest BCUT2D eigenvalue weighted by Gasteiger charge is -2.53. The predicted molar refractivity (Wildman–Crippen MR) is 96.8 cm³/mol. The summed E-state index contributed by atoms with van der Waals surface area (Å²) in [7, 11) is 1.84. The second-order valence-corrected chi connectivity index (χ2v) is 8.96. The first-order valence-electron chi connectivity index (χ1n) is 10.4. The number of hydrogen-bond acceptors (Lipinski definition) is 4. The molecule has 0 spiro atoms. The van der Waals surface area contributed by atoms with Crippen molar-refractivity contribution in [3.63, 3.8) is 0 Å². The van der Waals surface area contributed by atoms with E-state index in [1.54, 1.807) is 0 Å². The lowest BCUT2D eigenvalue weighted by molar-refractivity contribution is -0.163. The molecule has 0 radical (unpaired) electrons. The van der Waals surface area contributed by atoms with Crippen molar-refractivity contribution in [1.29, 1.82) is 0 Å². The molecule has 0 unspecified atom stereocenters. The van der Waals surface area contributed by atoms with Crippen LogP contribution in [0, 0.1) is 5.41 Å². The van der Waals surface area contributed by atoms with Gasteiger partial charge >= 0.3 is 0 Å². The van der Waals surface area contributed by atoms with Crippen molar-refractivity contribution < 1.29 is 9.53 Å². The third-order valence-corrected chi connectivity index (χ3v) is 7.85. The SMILES string of the molecule is COC12CCC(C(=O)N3CCC(c4nnc5n4CCC5)CC3)(CC1)CC2. The van der Waals surface area contributed by atoms with Crippen LogP contribution in [-0.4, -0.2) is 51.4 Å². The molecule has 1 aromatic rings. The number of amides is 1. The third-order valence-electron chi connectivity index (χ3n) is 7.85. The Morgan fingerprint density at radius 3 is 2.38 bits per heavy atom. The molecule has 26 heavy (non-hydrogen) atoms. The minimum Gasteiger partial charge on any atom is -0.378 e. The van der Waals surface area contributed by atoms with Gasteiger partial charge in [0.25, 0.3) is 0 Å². The van der Waals surface area contributed by atoms with Crippen molar-refractivity contribution in [2.75, 3.05) is 20.2 Å². The lowest BCUT2D eigenvalue weighted by atomic mass is 9.58. The zero-order valence-electron chi connectivity index (χ0n) is 15.9. The molecule has 1 saturated heterocycles. The minimum absolute atomic E-state index is 0.0725. The maximum atomic E-state index is 13.4. The van der Waals surface area contributed by atoms with Crippen molar-refractivity contribution in [2.45, 2.75) is 82.3 Å². The van der Waals surface area contributed by atoms with Crippen molar-refractivity contribution in [3.8, 4) is 0 Å². The summed E-state index contributed by atoms with van der Waals surface area (Å²) < 4.78 is 8.11. The molecule has 3 saturated carbocycles. The predicted octanol–water partition coefficient (Wildman–Crippen LogP) is 2.67. The number of hydrogen-bond donors (Lipinski definition) is 0. The number of piperidine rings is 1. The van der Waals surface area contributed by atoms with Gasteiger partial charge in [0.2, 0.25) is 5.91 Å². The first kappa shape index (κ1) is 16.7. The van der Waals surface area contributed by atoms with Gasteiger partial charge in [0.1, 0.15) is 11.6 Å². The van der Waals surface area contributed by atoms with Gasteiger partial charge in [0.15, 0.2) is 0 Å². The first-order chi connectivity index (χ1) is 12.6. The summed E-state index contributed by atoms with van der Waals surface area (Å²) in [4.78, 5) is 15.5. The average molecular weight is 358 g/mol. The van der Waals surface area contributed by atoms with E-state index in [0.29, 0.717) is 11.8 Å². The molecule has 6 nitrogen and oxygen atoms in total. The van der Waals surface area contributed by atoms with Gasteiger partial charge in [-0.2, -0.15) is 0 Å². The molecular formula is C20H30N4O2. The van der Waals surface area contributed by atoms with Gasteiger partial charge in [-0.05, 0) is 57.8 Å². The maximum absolute atomic E-state index is 13.4. The van der Waals surface area contributed by atoms with E-state index in [1.165, 1.54) is 12.2 Å². The summed E-state index contributed by atoms with van der Waals surface area (Å²) >= 11 is 0. The van der Waals surface area contributed by atoms with Crippen LogP contribution in [0.25, 0.3) is 0 Å². The monoisotopic (exact) mass is 358 g/mol. The largest absolute Gasteiger partial charge is 0.378 e. The van der Waals surface area contributed by atoms with E-state index in [2.05, 4.69) is 19.7 Å². The lowest BCUT2D eigenvalue weighted by Crippen LogP contribution is -2.55. The van der Waals surface area contributed by atoms with Crippen LogP contribution in [0.3, 0.4) is 0 Å². The molecule has 3 heterocycles. The van der Waals surface area contributed by atoms with Gasteiger partial charge < -0.3 is 14.2 Å². The molecule has 0 atom stereocenters. The van der Waals surface area contributed by atoms with Crippen LogP contribution in [0.15, 0.2) is 0 Å². The second kappa shape index (κ2) is 6.04. The normalized spacial score (nSPS) is 34.3. The van der Waals surface area contributed by atoms with Crippen LogP contribution >= 0.6 is 0 Å². The molecule has 6 rings (SSSR count). The zero-order valence-corrected chi connectivity index (χ0v) is 15.9. The van der Waals surface area contributed by atoms with Crippen molar-refractivity contribution >= 4 is 5.91 Å². The van der Waals surface area contributed by atoms with Crippen LogP contribution < -0.4 is 0 Å². The van der Waals surface area contributed by atoms with Crippen molar-refractivity contribution in [3.05, 3.63) is 11.6 Å². The van der Waals surface area contributed by atoms with Gasteiger partial charge in [-0.25, -0.2) is 0 Å². The molecule has 3 aliphatic carbocycles. The number of carbonyl (C=O) groups excluding carboxylic acids is 1. The Balaban J connectivity index is 1.24. The molecule has 0 aromatic carbocycles.